The lowest BCUT2D eigenvalue weighted by Crippen LogP contribution is -2.13. The molecule has 0 saturated heterocycles. The number of aryl methyl sites for hydroxylation is 2. The van der Waals surface area contributed by atoms with E-state index < -0.39 is 0 Å². The zero-order valence-electron chi connectivity index (χ0n) is 12.4. The third-order valence-electron chi connectivity index (χ3n) is 3.11. The molecule has 3 heteroatoms. The molecular weight excluding hydrogens is 248 g/mol. The van der Waals surface area contributed by atoms with Crippen molar-refractivity contribution in [3.63, 3.8) is 0 Å². The van der Waals surface area contributed by atoms with E-state index in [1.165, 1.54) is 11.1 Å². The molecule has 1 heterocycles. The van der Waals surface area contributed by atoms with Gasteiger partial charge in [0.05, 0.1) is 0 Å². The molecule has 2 rings (SSSR count). The first kappa shape index (κ1) is 14.5. The second kappa shape index (κ2) is 7.06. The van der Waals surface area contributed by atoms with Crippen LogP contribution in [0.1, 0.15) is 30.0 Å². The molecule has 0 atom stereocenters. The van der Waals surface area contributed by atoms with Gasteiger partial charge in [-0.05, 0) is 49.6 Å². The molecule has 0 radical (unpaired) electrons. The van der Waals surface area contributed by atoms with Gasteiger partial charge in [-0.1, -0.05) is 25.1 Å². The fraction of sp³-hybridized carbons (Fsp3) is 0.353. The van der Waals surface area contributed by atoms with Crippen LogP contribution in [-0.2, 0) is 6.54 Å². The Balaban J connectivity index is 2.01. The van der Waals surface area contributed by atoms with Gasteiger partial charge in [0.25, 0.3) is 0 Å². The Hall–Kier alpha value is -1.87. The van der Waals surface area contributed by atoms with Crippen LogP contribution in [0.15, 0.2) is 36.5 Å². The maximum Gasteiger partial charge on any atom is 0.219 e. The number of nitrogens with one attached hydrogen (secondary N) is 1. The zero-order valence-corrected chi connectivity index (χ0v) is 12.4. The number of aromatic nitrogens is 1. The standard InChI is InChI=1S/C17H22N2O/c1-4-9-18-11-15-7-8-17(19-12-15)20-16-10-13(2)5-6-14(16)3/h5-8,10,12,18H,4,9,11H2,1-3H3. The van der Waals surface area contributed by atoms with Gasteiger partial charge in [-0.3, -0.25) is 0 Å². The maximum absolute atomic E-state index is 5.84. The van der Waals surface area contributed by atoms with Crippen molar-refractivity contribution in [3.8, 4) is 11.6 Å². The second-order valence-corrected chi connectivity index (χ2v) is 5.05. The lowest BCUT2D eigenvalue weighted by atomic mass is 10.1. The van der Waals surface area contributed by atoms with Crippen LogP contribution in [0.3, 0.4) is 0 Å². The molecule has 0 aliphatic rings. The van der Waals surface area contributed by atoms with Crippen LogP contribution >= 0.6 is 0 Å². The van der Waals surface area contributed by atoms with Gasteiger partial charge >= 0.3 is 0 Å². The highest BCUT2D eigenvalue weighted by atomic mass is 16.5. The first-order chi connectivity index (χ1) is 9.69. The van der Waals surface area contributed by atoms with Crippen LogP contribution < -0.4 is 10.1 Å². The molecule has 0 aliphatic carbocycles. The van der Waals surface area contributed by atoms with Gasteiger partial charge in [-0.2, -0.15) is 0 Å². The summed E-state index contributed by atoms with van der Waals surface area (Å²) in [5.41, 5.74) is 3.48. The third-order valence-corrected chi connectivity index (χ3v) is 3.11. The van der Waals surface area contributed by atoms with Crippen molar-refractivity contribution in [1.82, 2.24) is 10.3 Å². The molecule has 1 aromatic carbocycles. The fourth-order valence-electron chi connectivity index (χ4n) is 1.92. The molecule has 1 aromatic heterocycles. The van der Waals surface area contributed by atoms with Gasteiger partial charge in [0.1, 0.15) is 5.75 Å². The number of hydrogen-bond donors (Lipinski definition) is 1. The molecule has 0 aliphatic heterocycles. The molecule has 0 fully saturated rings. The molecular formula is C17H22N2O. The van der Waals surface area contributed by atoms with Crippen molar-refractivity contribution in [2.24, 2.45) is 0 Å². The normalized spacial score (nSPS) is 10.6. The van der Waals surface area contributed by atoms with Crippen LogP contribution in [0.5, 0.6) is 11.6 Å². The van der Waals surface area contributed by atoms with Crippen LogP contribution in [0, 0.1) is 13.8 Å². The van der Waals surface area contributed by atoms with E-state index in [1.807, 2.05) is 25.3 Å². The average Bonchev–Trinajstić information content (AvgIpc) is 2.45. The van der Waals surface area contributed by atoms with E-state index in [1.54, 1.807) is 0 Å². The number of nitrogens with zero attached hydrogens (tertiary/aromatic N) is 1. The first-order valence-corrected chi connectivity index (χ1v) is 7.10. The van der Waals surface area contributed by atoms with E-state index in [-0.39, 0.29) is 0 Å². The number of pyridine rings is 1. The van der Waals surface area contributed by atoms with Gasteiger partial charge in [-0.15, -0.1) is 0 Å². The van der Waals surface area contributed by atoms with Gasteiger partial charge in [0, 0.05) is 18.8 Å². The lowest BCUT2D eigenvalue weighted by Gasteiger charge is -2.09. The van der Waals surface area contributed by atoms with Crippen molar-refractivity contribution in [2.45, 2.75) is 33.7 Å². The maximum atomic E-state index is 5.84. The average molecular weight is 270 g/mol. The zero-order chi connectivity index (χ0) is 14.4. The Kier molecular flexibility index (Phi) is 5.13. The van der Waals surface area contributed by atoms with Crippen molar-refractivity contribution in [1.29, 1.82) is 0 Å². The molecule has 1 N–H and O–H groups in total. The molecule has 0 bridgehead atoms. The molecule has 3 nitrogen and oxygen atoms in total. The predicted molar refractivity (Wildman–Crippen MR) is 82.2 cm³/mol. The summed E-state index contributed by atoms with van der Waals surface area (Å²) in [6, 6.07) is 10.2. The van der Waals surface area contributed by atoms with Gasteiger partial charge in [-0.25, -0.2) is 4.98 Å². The minimum atomic E-state index is 0.637. The number of ether oxygens (including phenoxy) is 1. The number of benzene rings is 1. The Labute approximate surface area is 121 Å². The quantitative estimate of drug-likeness (QED) is 0.806. The Morgan fingerprint density at radius 1 is 1.15 bits per heavy atom. The van der Waals surface area contributed by atoms with E-state index in [4.69, 9.17) is 4.74 Å². The predicted octanol–water partition coefficient (Wildman–Crippen LogP) is 3.99. The van der Waals surface area contributed by atoms with Crippen LogP contribution in [0.25, 0.3) is 0 Å². The summed E-state index contributed by atoms with van der Waals surface area (Å²) in [4.78, 5) is 4.36. The summed E-state index contributed by atoms with van der Waals surface area (Å²) in [6.45, 7) is 8.14. The smallest absolute Gasteiger partial charge is 0.219 e. The summed E-state index contributed by atoms with van der Waals surface area (Å²) < 4.78 is 5.84. The van der Waals surface area contributed by atoms with Crippen LogP contribution in [0.4, 0.5) is 0 Å². The van der Waals surface area contributed by atoms with E-state index in [0.717, 1.165) is 30.8 Å². The molecule has 0 amide bonds. The monoisotopic (exact) mass is 270 g/mol. The largest absolute Gasteiger partial charge is 0.439 e. The van der Waals surface area contributed by atoms with Crippen LogP contribution in [0.2, 0.25) is 0 Å². The van der Waals surface area contributed by atoms with Crippen molar-refractivity contribution in [2.75, 3.05) is 6.54 Å². The summed E-state index contributed by atoms with van der Waals surface area (Å²) in [7, 11) is 0. The number of rotatable bonds is 6. The van der Waals surface area contributed by atoms with Gasteiger partial charge in [0.2, 0.25) is 5.88 Å². The minimum absolute atomic E-state index is 0.637. The van der Waals surface area contributed by atoms with Gasteiger partial charge in [0.15, 0.2) is 0 Å². The number of hydrogen-bond acceptors (Lipinski definition) is 3. The highest BCUT2D eigenvalue weighted by Gasteiger charge is 2.03. The SMILES string of the molecule is CCCNCc1ccc(Oc2cc(C)ccc2C)nc1. The summed E-state index contributed by atoms with van der Waals surface area (Å²) in [5.74, 6) is 1.51. The van der Waals surface area contributed by atoms with Crippen LogP contribution in [-0.4, -0.2) is 11.5 Å². The molecule has 20 heavy (non-hydrogen) atoms. The first-order valence-electron chi connectivity index (χ1n) is 7.10. The minimum Gasteiger partial charge on any atom is -0.439 e. The van der Waals surface area contributed by atoms with E-state index in [2.05, 4.69) is 42.3 Å². The fourth-order valence-corrected chi connectivity index (χ4v) is 1.92. The van der Waals surface area contributed by atoms with E-state index >= 15 is 0 Å². The van der Waals surface area contributed by atoms with Crippen molar-refractivity contribution in [3.05, 3.63) is 53.2 Å². The molecule has 0 unspecified atom stereocenters. The summed E-state index contributed by atoms with van der Waals surface area (Å²) in [5, 5.41) is 3.36. The topological polar surface area (TPSA) is 34.1 Å². The highest BCUT2D eigenvalue weighted by molar-refractivity contribution is 5.38. The molecule has 2 aromatic rings. The Bertz CT molecular complexity index is 549. The second-order valence-electron chi connectivity index (χ2n) is 5.05. The summed E-state index contributed by atoms with van der Waals surface area (Å²) in [6.07, 6.45) is 3.00. The van der Waals surface area contributed by atoms with Crippen molar-refractivity contribution >= 4 is 0 Å². The van der Waals surface area contributed by atoms with Gasteiger partial charge < -0.3 is 10.1 Å². The molecule has 0 spiro atoms. The molecule has 106 valence electrons. The Morgan fingerprint density at radius 2 is 2.00 bits per heavy atom. The van der Waals surface area contributed by atoms with E-state index in [9.17, 15) is 0 Å². The van der Waals surface area contributed by atoms with Crippen molar-refractivity contribution < 1.29 is 4.74 Å². The lowest BCUT2D eigenvalue weighted by molar-refractivity contribution is 0.458. The highest BCUT2D eigenvalue weighted by Crippen LogP contribution is 2.24. The molecule has 0 saturated carbocycles. The third kappa shape index (κ3) is 4.07. The van der Waals surface area contributed by atoms with E-state index in [0.29, 0.717) is 5.88 Å². The summed E-state index contributed by atoms with van der Waals surface area (Å²) >= 11 is 0. The Morgan fingerprint density at radius 3 is 2.70 bits per heavy atom.